The van der Waals surface area contributed by atoms with Gasteiger partial charge in [0, 0.05) is 16.1 Å². The smallest absolute Gasteiger partial charge is 0.0439 e. The lowest BCUT2D eigenvalue weighted by Crippen LogP contribution is -2.29. The Kier molecular flexibility index (Phi) is 4.87. The summed E-state index contributed by atoms with van der Waals surface area (Å²) in [6.07, 6.45) is 0.718. The van der Waals surface area contributed by atoms with Crippen molar-refractivity contribution in [1.82, 2.24) is 0 Å². The first-order valence-electron chi connectivity index (χ1n) is 6.32. The molecule has 2 aromatic rings. The Morgan fingerprint density at radius 2 is 1.74 bits per heavy atom. The third kappa shape index (κ3) is 3.73. The van der Waals surface area contributed by atoms with Gasteiger partial charge in [0.05, 0.1) is 0 Å². The molecule has 0 aliphatic heterocycles. The average Bonchev–Trinajstić information content (AvgIpc) is 2.43. The molecule has 2 N–H and O–H groups in total. The number of halogens is 2. The van der Waals surface area contributed by atoms with E-state index in [1.807, 2.05) is 30.3 Å². The highest BCUT2D eigenvalue weighted by Crippen LogP contribution is 2.25. The standard InChI is InChI=1S/C16H17Cl2N/c1-11(12-5-3-2-4-6-12)16(19)10-13-9-14(17)7-8-15(13)18/h2-9,11,16H,10,19H2,1H3. The number of hydrogen-bond donors (Lipinski definition) is 1. The fraction of sp³-hybridized carbons (Fsp3) is 0.250. The van der Waals surface area contributed by atoms with Gasteiger partial charge in [0.15, 0.2) is 0 Å². The molecular weight excluding hydrogens is 277 g/mol. The van der Waals surface area contributed by atoms with E-state index in [2.05, 4.69) is 19.1 Å². The second-order valence-electron chi connectivity index (χ2n) is 4.80. The Bertz CT molecular complexity index is 540. The van der Waals surface area contributed by atoms with Crippen molar-refractivity contribution < 1.29 is 0 Å². The van der Waals surface area contributed by atoms with E-state index in [0.717, 1.165) is 17.0 Å². The van der Waals surface area contributed by atoms with E-state index in [0.29, 0.717) is 5.02 Å². The molecule has 0 saturated heterocycles. The monoisotopic (exact) mass is 293 g/mol. The fourth-order valence-corrected chi connectivity index (χ4v) is 2.52. The maximum Gasteiger partial charge on any atom is 0.0439 e. The van der Waals surface area contributed by atoms with Crippen molar-refractivity contribution in [3.63, 3.8) is 0 Å². The summed E-state index contributed by atoms with van der Waals surface area (Å²) >= 11 is 12.2. The highest BCUT2D eigenvalue weighted by Gasteiger charge is 2.16. The van der Waals surface area contributed by atoms with E-state index in [1.54, 1.807) is 6.07 Å². The normalized spacial score (nSPS) is 14.1. The van der Waals surface area contributed by atoms with Gasteiger partial charge < -0.3 is 5.73 Å². The second kappa shape index (κ2) is 6.42. The van der Waals surface area contributed by atoms with Crippen LogP contribution in [0.2, 0.25) is 10.0 Å². The molecule has 0 aliphatic carbocycles. The third-order valence-corrected chi connectivity index (χ3v) is 4.03. The lowest BCUT2D eigenvalue weighted by atomic mass is 9.90. The first-order valence-corrected chi connectivity index (χ1v) is 7.08. The van der Waals surface area contributed by atoms with Gasteiger partial charge in [0.2, 0.25) is 0 Å². The maximum absolute atomic E-state index is 6.30. The molecule has 0 saturated carbocycles. The summed E-state index contributed by atoms with van der Waals surface area (Å²) in [6.45, 7) is 2.14. The lowest BCUT2D eigenvalue weighted by Gasteiger charge is -2.21. The molecule has 0 bridgehead atoms. The Balaban J connectivity index is 2.12. The molecule has 0 heterocycles. The SMILES string of the molecule is CC(c1ccccc1)C(N)Cc1cc(Cl)ccc1Cl. The Labute approximate surface area is 124 Å². The molecule has 0 amide bonds. The molecule has 0 radical (unpaired) electrons. The molecular formula is C16H17Cl2N. The minimum Gasteiger partial charge on any atom is -0.327 e. The summed E-state index contributed by atoms with van der Waals surface area (Å²) < 4.78 is 0. The Hall–Kier alpha value is -1.02. The first-order chi connectivity index (χ1) is 9.08. The number of hydrogen-bond acceptors (Lipinski definition) is 1. The maximum atomic E-state index is 6.30. The van der Waals surface area contributed by atoms with Gasteiger partial charge >= 0.3 is 0 Å². The molecule has 2 atom stereocenters. The predicted octanol–water partition coefficient (Wildman–Crippen LogP) is 4.67. The molecule has 0 aromatic heterocycles. The third-order valence-electron chi connectivity index (χ3n) is 3.43. The van der Waals surface area contributed by atoms with Gasteiger partial charge in [-0.3, -0.25) is 0 Å². The van der Waals surface area contributed by atoms with Crippen LogP contribution < -0.4 is 5.73 Å². The Morgan fingerprint density at radius 3 is 2.42 bits per heavy atom. The number of rotatable bonds is 4. The topological polar surface area (TPSA) is 26.0 Å². The van der Waals surface area contributed by atoms with Crippen LogP contribution in [0.5, 0.6) is 0 Å². The van der Waals surface area contributed by atoms with Crippen LogP contribution in [0.1, 0.15) is 24.0 Å². The summed E-state index contributed by atoms with van der Waals surface area (Å²) in [6, 6.07) is 15.8. The van der Waals surface area contributed by atoms with E-state index in [-0.39, 0.29) is 12.0 Å². The van der Waals surface area contributed by atoms with E-state index in [1.165, 1.54) is 5.56 Å². The zero-order valence-electron chi connectivity index (χ0n) is 10.8. The van der Waals surface area contributed by atoms with Gasteiger partial charge in [0.25, 0.3) is 0 Å². The van der Waals surface area contributed by atoms with Gasteiger partial charge in [-0.05, 0) is 41.7 Å². The molecule has 0 aliphatic rings. The minimum atomic E-state index is 0.0124. The van der Waals surface area contributed by atoms with Crippen LogP contribution >= 0.6 is 23.2 Å². The molecule has 100 valence electrons. The lowest BCUT2D eigenvalue weighted by molar-refractivity contribution is 0.564. The second-order valence-corrected chi connectivity index (χ2v) is 5.65. The van der Waals surface area contributed by atoms with E-state index in [9.17, 15) is 0 Å². The van der Waals surface area contributed by atoms with Gasteiger partial charge in [0.1, 0.15) is 0 Å². The predicted molar refractivity (Wildman–Crippen MR) is 83.0 cm³/mol. The molecule has 2 aromatic carbocycles. The van der Waals surface area contributed by atoms with Crippen molar-refractivity contribution in [2.75, 3.05) is 0 Å². The van der Waals surface area contributed by atoms with Crippen molar-refractivity contribution in [3.8, 4) is 0 Å². The van der Waals surface area contributed by atoms with E-state index >= 15 is 0 Å². The van der Waals surface area contributed by atoms with Gasteiger partial charge in [-0.1, -0.05) is 60.5 Å². The first kappa shape index (κ1) is 14.4. The highest BCUT2D eigenvalue weighted by molar-refractivity contribution is 6.33. The van der Waals surface area contributed by atoms with Crippen molar-refractivity contribution in [2.45, 2.75) is 25.3 Å². The van der Waals surface area contributed by atoms with Crippen molar-refractivity contribution in [1.29, 1.82) is 0 Å². The van der Waals surface area contributed by atoms with Crippen LogP contribution in [-0.2, 0) is 6.42 Å². The highest BCUT2D eigenvalue weighted by atomic mass is 35.5. The molecule has 19 heavy (non-hydrogen) atoms. The molecule has 0 spiro atoms. The minimum absolute atomic E-state index is 0.0124. The molecule has 3 heteroatoms. The van der Waals surface area contributed by atoms with E-state index in [4.69, 9.17) is 28.9 Å². The van der Waals surface area contributed by atoms with Crippen LogP contribution in [-0.4, -0.2) is 6.04 Å². The van der Waals surface area contributed by atoms with Crippen LogP contribution in [0.4, 0.5) is 0 Å². The zero-order chi connectivity index (χ0) is 13.8. The van der Waals surface area contributed by atoms with Gasteiger partial charge in [-0.15, -0.1) is 0 Å². The summed E-state index contributed by atoms with van der Waals surface area (Å²) in [5, 5.41) is 1.42. The fourth-order valence-electron chi connectivity index (χ4n) is 2.13. The number of nitrogens with two attached hydrogens (primary N) is 1. The molecule has 1 nitrogen and oxygen atoms in total. The van der Waals surface area contributed by atoms with Crippen molar-refractivity contribution in [2.24, 2.45) is 5.73 Å². The summed E-state index contributed by atoms with van der Waals surface area (Å²) in [7, 11) is 0. The number of benzene rings is 2. The summed E-state index contributed by atoms with van der Waals surface area (Å²) in [5.41, 5.74) is 8.55. The van der Waals surface area contributed by atoms with Crippen LogP contribution in [0.25, 0.3) is 0 Å². The quantitative estimate of drug-likeness (QED) is 0.871. The largest absolute Gasteiger partial charge is 0.327 e. The van der Waals surface area contributed by atoms with E-state index < -0.39 is 0 Å². The van der Waals surface area contributed by atoms with Gasteiger partial charge in [-0.2, -0.15) is 0 Å². The summed E-state index contributed by atoms with van der Waals surface area (Å²) in [5.74, 6) is 0.274. The van der Waals surface area contributed by atoms with Crippen molar-refractivity contribution in [3.05, 3.63) is 69.7 Å². The summed E-state index contributed by atoms with van der Waals surface area (Å²) in [4.78, 5) is 0. The molecule has 0 fully saturated rings. The molecule has 2 unspecified atom stereocenters. The Morgan fingerprint density at radius 1 is 1.05 bits per heavy atom. The zero-order valence-corrected chi connectivity index (χ0v) is 12.3. The van der Waals surface area contributed by atoms with Crippen molar-refractivity contribution >= 4 is 23.2 Å². The average molecular weight is 294 g/mol. The van der Waals surface area contributed by atoms with Crippen LogP contribution in [0.3, 0.4) is 0 Å². The molecule has 2 rings (SSSR count). The van der Waals surface area contributed by atoms with Crippen LogP contribution in [0.15, 0.2) is 48.5 Å². The van der Waals surface area contributed by atoms with Crippen LogP contribution in [0, 0.1) is 0 Å². The van der Waals surface area contributed by atoms with Gasteiger partial charge in [-0.25, -0.2) is 0 Å².